The number of nitrogens with one attached hydrogen (secondary N) is 1. The summed E-state index contributed by atoms with van der Waals surface area (Å²) in [5.74, 6) is 0.548. The van der Waals surface area contributed by atoms with Crippen molar-refractivity contribution in [3.63, 3.8) is 0 Å². The number of carbonyl (C=O) groups is 1. The first-order valence-electron chi connectivity index (χ1n) is 11.2. The molecule has 0 aliphatic carbocycles. The number of carbonyl (C=O) groups excluding carboxylic acids is 1. The predicted molar refractivity (Wildman–Crippen MR) is 110 cm³/mol. The maximum absolute atomic E-state index is 11.9. The molecule has 156 valence electrons. The average molecular weight is 372 g/mol. The SMILES string of the molecule is CCCCCCC(CCCC)COC(=O)CCCCCCCNCCO. The monoisotopic (exact) mass is 371 g/mol. The molecule has 0 fully saturated rings. The number of rotatable bonds is 20. The lowest BCUT2D eigenvalue weighted by molar-refractivity contribution is -0.145. The molecule has 0 saturated heterocycles. The lowest BCUT2D eigenvalue weighted by Gasteiger charge is -2.16. The third-order valence-electron chi connectivity index (χ3n) is 4.93. The molecule has 4 heteroatoms. The minimum Gasteiger partial charge on any atom is -0.465 e. The maximum Gasteiger partial charge on any atom is 0.305 e. The van der Waals surface area contributed by atoms with Gasteiger partial charge in [0.15, 0.2) is 0 Å². The standard InChI is InChI=1S/C22H45NO3/c1-3-5-7-11-15-21(14-6-4-2)20-26-22(25)16-12-9-8-10-13-17-23-18-19-24/h21,23-24H,3-20H2,1-2H3. The fourth-order valence-electron chi connectivity index (χ4n) is 3.20. The summed E-state index contributed by atoms with van der Waals surface area (Å²) in [6.07, 6.45) is 16.1. The Morgan fingerprint density at radius 3 is 2.23 bits per heavy atom. The van der Waals surface area contributed by atoms with Crippen molar-refractivity contribution in [2.24, 2.45) is 5.92 Å². The summed E-state index contributed by atoms with van der Waals surface area (Å²) in [6, 6.07) is 0. The van der Waals surface area contributed by atoms with Crippen LogP contribution in [-0.4, -0.2) is 37.4 Å². The van der Waals surface area contributed by atoms with Gasteiger partial charge in [-0.25, -0.2) is 0 Å². The maximum atomic E-state index is 11.9. The summed E-state index contributed by atoms with van der Waals surface area (Å²) in [5.41, 5.74) is 0. The van der Waals surface area contributed by atoms with Crippen LogP contribution in [0.2, 0.25) is 0 Å². The molecule has 0 heterocycles. The van der Waals surface area contributed by atoms with Gasteiger partial charge in [0, 0.05) is 13.0 Å². The molecule has 1 atom stereocenters. The molecule has 26 heavy (non-hydrogen) atoms. The highest BCUT2D eigenvalue weighted by Gasteiger charge is 2.11. The molecule has 0 aliphatic rings. The van der Waals surface area contributed by atoms with Gasteiger partial charge >= 0.3 is 5.97 Å². The van der Waals surface area contributed by atoms with E-state index in [2.05, 4.69) is 19.2 Å². The van der Waals surface area contributed by atoms with Gasteiger partial charge in [-0.15, -0.1) is 0 Å². The van der Waals surface area contributed by atoms with Gasteiger partial charge in [0.05, 0.1) is 13.2 Å². The van der Waals surface area contributed by atoms with Crippen LogP contribution >= 0.6 is 0 Å². The fourth-order valence-corrected chi connectivity index (χ4v) is 3.20. The molecule has 2 N–H and O–H groups in total. The number of aliphatic hydroxyl groups excluding tert-OH is 1. The van der Waals surface area contributed by atoms with E-state index >= 15 is 0 Å². The largest absolute Gasteiger partial charge is 0.465 e. The fraction of sp³-hybridized carbons (Fsp3) is 0.955. The number of esters is 1. The first-order valence-corrected chi connectivity index (χ1v) is 11.2. The lowest BCUT2D eigenvalue weighted by atomic mass is 9.96. The van der Waals surface area contributed by atoms with E-state index in [1.165, 1.54) is 64.2 Å². The number of hydrogen-bond donors (Lipinski definition) is 2. The molecule has 0 aliphatic heterocycles. The van der Waals surface area contributed by atoms with Crippen LogP contribution < -0.4 is 5.32 Å². The Morgan fingerprint density at radius 1 is 0.846 bits per heavy atom. The summed E-state index contributed by atoms with van der Waals surface area (Å²) in [4.78, 5) is 11.9. The highest BCUT2D eigenvalue weighted by Crippen LogP contribution is 2.18. The predicted octanol–water partition coefficient (Wildman–Crippen LogP) is 5.23. The highest BCUT2D eigenvalue weighted by atomic mass is 16.5. The summed E-state index contributed by atoms with van der Waals surface area (Å²) >= 11 is 0. The van der Waals surface area contributed by atoms with Crippen LogP contribution in [0.25, 0.3) is 0 Å². The Balaban J connectivity index is 3.64. The first-order chi connectivity index (χ1) is 12.7. The molecule has 0 aromatic rings. The van der Waals surface area contributed by atoms with Gasteiger partial charge in [-0.2, -0.15) is 0 Å². The van der Waals surface area contributed by atoms with Crippen molar-refractivity contribution in [1.82, 2.24) is 5.32 Å². The second kappa shape index (κ2) is 20.7. The van der Waals surface area contributed by atoms with Crippen LogP contribution in [0.1, 0.15) is 104 Å². The number of aliphatic hydroxyl groups is 1. The van der Waals surface area contributed by atoms with Gasteiger partial charge in [-0.1, -0.05) is 71.6 Å². The molecule has 0 aromatic heterocycles. The zero-order valence-corrected chi connectivity index (χ0v) is 17.6. The average Bonchev–Trinajstić information content (AvgIpc) is 2.65. The summed E-state index contributed by atoms with van der Waals surface area (Å²) in [5, 5.41) is 11.9. The lowest BCUT2D eigenvalue weighted by Crippen LogP contribution is -2.19. The van der Waals surface area contributed by atoms with E-state index in [0.29, 0.717) is 25.5 Å². The van der Waals surface area contributed by atoms with E-state index in [0.717, 1.165) is 25.8 Å². The molecule has 4 nitrogen and oxygen atoms in total. The van der Waals surface area contributed by atoms with E-state index in [-0.39, 0.29) is 12.6 Å². The molecule has 0 rings (SSSR count). The molecule has 1 unspecified atom stereocenters. The van der Waals surface area contributed by atoms with Crippen LogP contribution in [-0.2, 0) is 9.53 Å². The van der Waals surface area contributed by atoms with Crippen molar-refractivity contribution in [3.05, 3.63) is 0 Å². The summed E-state index contributed by atoms with van der Waals surface area (Å²) in [6.45, 7) is 6.96. The van der Waals surface area contributed by atoms with Crippen molar-refractivity contribution >= 4 is 5.97 Å². The second-order valence-corrected chi connectivity index (χ2v) is 7.53. The van der Waals surface area contributed by atoms with Crippen molar-refractivity contribution in [3.8, 4) is 0 Å². The number of ether oxygens (including phenoxy) is 1. The second-order valence-electron chi connectivity index (χ2n) is 7.53. The number of unbranched alkanes of at least 4 members (excludes halogenated alkanes) is 8. The third-order valence-corrected chi connectivity index (χ3v) is 4.93. The van der Waals surface area contributed by atoms with Crippen LogP contribution in [0, 0.1) is 5.92 Å². The third kappa shape index (κ3) is 18.2. The van der Waals surface area contributed by atoms with E-state index in [1.807, 2.05) is 0 Å². The van der Waals surface area contributed by atoms with Crippen LogP contribution in [0.5, 0.6) is 0 Å². The Kier molecular flexibility index (Phi) is 20.2. The molecule has 0 aromatic carbocycles. The number of hydrogen-bond acceptors (Lipinski definition) is 4. The van der Waals surface area contributed by atoms with Gasteiger partial charge in [0.1, 0.15) is 0 Å². The summed E-state index contributed by atoms with van der Waals surface area (Å²) in [7, 11) is 0. The summed E-state index contributed by atoms with van der Waals surface area (Å²) < 4.78 is 5.56. The molecule has 0 spiro atoms. The smallest absolute Gasteiger partial charge is 0.305 e. The Labute approximate surface area is 162 Å². The Morgan fingerprint density at radius 2 is 1.50 bits per heavy atom. The van der Waals surface area contributed by atoms with Crippen molar-refractivity contribution in [2.45, 2.75) is 104 Å². The van der Waals surface area contributed by atoms with E-state index in [1.54, 1.807) is 0 Å². The van der Waals surface area contributed by atoms with Gasteiger partial charge in [-0.3, -0.25) is 4.79 Å². The van der Waals surface area contributed by atoms with Crippen molar-refractivity contribution in [2.75, 3.05) is 26.3 Å². The van der Waals surface area contributed by atoms with Crippen LogP contribution in [0.4, 0.5) is 0 Å². The van der Waals surface area contributed by atoms with E-state index < -0.39 is 0 Å². The Bertz CT molecular complexity index is 297. The van der Waals surface area contributed by atoms with Gasteiger partial charge in [0.2, 0.25) is 0 Å². The van der Waals surface area contributed by atoms with Crippen LogP contribution in [0.3, 0.4) is 0 Å². The zero-order chi connectivity index (χ0) is 19.3. The van der Waals surface area contributed by atoms with Crippen molar-refractivity contribution in [1.29, 1.82) is 0 Å². The zero-order valence-electron chi connectivity index (χ0n) is 17.6. The normalized spacial score (nSPS) is 12.3. The molecular formula is C22H45NO3. The topological polar surface area (TPSA) is 58.6 Å². The molecule has 0 saturated carbocycles. The van der Waals surface area contributed by atoms with E-state index in [9.17, 15) is 4.79 Å². The molecule has 0 radical (unpaired) electrons. The molecule has 0 amide bonds. The van der Waals surface area contributed by atoms with Crippen LogP contribution in [0.15, 0.2) is 0 Å². The first kappa shape index (κ1) is 25.4. The minimum absolute atomic E-state index is 0.00957. The minimum atomic E-state index is -0.00957. The highest BCUT2D eigenvalue weighted by molar-refractivity contribution is 5.69. The van der Waals surface area contributed by atoms with Gasteiger partial charge in [-0.05, 0) is 38.1 Å². The van der Waals surface area contributed by atoms with Gasteiger partial charge < -0.3 is 15.2 Å². The molecule has 0 bridgehead atoms. The molecular weight excluding hydrogens is 326 g/mol. The van der Waals surface area contributed by atoms with Crippen molar-refractivity contribution < 1.29 is 14.6 Å². The quantitative estimate of drug-likeness (QED) is 0.227. The van der Waals surface area contributed by atoms with Gasteiger partial charge in [0.25, 0.3) is 0 Å². The Hall–Kier alpha value is -0.610. The van der Waals surface area contributed by atoms with E-state index in [4.69, 9.17) is 9.84 Å².